The van der Waals surface area contributed by atoms with E-state index in [0.29, 0.717) is 13.2 Å². The van der Waals surface area contributed by atoms with Crippen molar-refractivity contribution in [3.63, 3.8) is 0 Å². The maximum absolute atomic E-state index is 11.1. The van der Waals surface area contributed by atoms with Crippen LogP contribution in [0.1, 0.15) is 25.7 Å². The maximum atomic E-state index is 11.1. The fraction of sp³-hybridized carbons (Fsp3) is 0.727. The molecule has 1 aliphatic rings. The number of carbonyl (C=O) groups is 1. The summed E-state index contributed by atoms with van der Waals surface area (Å²) in [6.45, 7) is 5.07. The first kappa shape index (κ1) is 11.2. The number of hydrogen-bond donors (Lipinski definition) is 1. The van der Waals surface area contributed by atoms with Gasteiger partial charge in [-0.15, -0.1) is 6.58 Å². The van der Waals surface area contributed by atoms with Gasteiger partial charge >= 0.3 is 5.97 Å². The van der Waals surface area contributed by atoms with Crippen LogP contribution in [-0.2, 0) is 9.53 Å². The second-order valence-electron chi connectivity index (χ2n) is 3.73. The van der Waals surface area contributed by atoms with E-state index < -0.39 is 0 Å². The monoisotopic (exact) mass is 197 g/mol. The van der Waals surface area contributed by atoms with Gasteiger partial charge in [-0.25, -0.2) is 0 Å². The van der Waals surface area contributed by atoms with Gasteiger partial charge < -0.3 is 10.1 Å². The Morgan fingerprint density at radius 1 is 1.57 bits per heavy atom. The van der Waals surface area contributed by atoms with Gasteiger partial charge in [0.1, 0.15) is 0 Å². The van der Waals surface area contributed by atoms with Gasteiger partial charge in [0.05, 0.1) is 13.2 Å². The van der Waals surface area contributed by atoms with Crippen molar-refractivity contribution in [2.45, 2.75) is 25.7 Å². The normalized spacial score (nSPS) is 16.0. The first-order valence-corrected chi connectivity index (χ1v) is 5.30. The molecular weight excluding hydrogens is 178 g/mol. The van der Waals surface area contributed by atoms with Crippen molar-refractivity contribution in [1.82, 2.24) is 5.32 Å². The summed E-state index contributed by atoms with van der Waals surface area (Å²) in [6, 6.07) is 0. The second kappa shape index (κ2) is 6.60. The quantitative estimate of drug-likeness (QED) is 0.382. The molecule has 1 fully saturated rings. The average Bonchev–Trinajstić information content (AvgIpc) is 2.10. The lowest BCUT2D eigenvalue weighted by Crippen LogP contribution is -2.25. The highest BCUT2D eigenvalue weighted by atomic mass is 16.5. The minimum absolute atomic E-state index is 0.161. The zero-order chi connectivity index (χ0) is 10.2. The van der Waals surface area contributed by atoms with E-state index in [2.05, 4.69) is 11.9 Å². The van der Waals surface area contributed by atoms with Crippen LogP contribution in [0, 0.1) is 5.92 Å². The predicted molar refractivity (Wildman–Crippen MR) is 56.0 cm³/mol. The van der Waals surface area contributed by atoms with Crippen molar-refractivity contribution in [3.8, 4) is 0 Å². The van der Waals surface area contributed by atoms with Crippen LogP contribution in [0.3, 0.4) is 0 Å². The van der Waals surface area contributed by atoms with Crippen molar-refractivity contribution in [3.05, 3.63) is 12.7 Å². The van der Waals surface area contributed by atoms with Crippen LogP contribution in [0.4, 0.5) is 0 Å². The van der Waals surface area contributed by atoms with E-state index in [9.17, 15) is 4.79 Å². The molecule has 1 aliphatic carbocycles. The lowest BCUT2D eigenvalue weighted by Gasteiger charge is -2.24. The summed E-state index contributed by atoms with van der Waals surface area (Å²) in [5.74, 6) is 0.648. The Morgan fingerprint density at radius 2 is 2.36 bits per heavy atom. The highest BCUT2D eigenvalue weighted by molar-refractivity contribution is 5.71. The molecule has 1 rings (SSSR count). The van der Waals surface area contributed by atoms with Gasteiger partial charge in [-0.05, 0) is 12.3 Å². The third kappa shape index (κ3) is 4.42. The van der Waals surface area contributed by atoms with Gasteiger partial charge in [0.25, 0.3) is 0 Å². The highest BCUT2D eigenvalue weighted by Crippen LogP contribution is 2.28. The summed E-state index contributed by atoms with van der Waals surface area (Å²) >= 11 is 0. The highest BCUT2D eigenvalue weighted by Gasteiger charge is 2.17. The molecule has 0 atom stereocenters. The Morgan fingerprint density at radius 3 is 2.93 bits per heavy atom. The molecule has 0 unspecified atom stereocenters. The van der Waals surface area contributed by atoms with Crippen LogP contribution in [0.25, 0.3) is 0 Å². The fourth-order valence-electron chi connectivity index (χ4n) is 1.45. The average molecular weight is 197 g/mol. The zero-order valence-electron chi connectivity index (χ0n) is 8.63. The fourth-order valence-corrected chi connectivity index (χ4v) is 1.45. The largest absolute Gasteiger partial charge is 0.465 e. The molecule has 0 aromatic carbocycles. The second-order valence-corrected chi connectivity index (χ2v) is 3.73. The molecule has 0 aromatic heterocycles. The van der Waals surface area contributed by atoms with Gasteiger partial charge in [0.2, 0.25) is 0 Å². The Kier molecular flexibility index (Phi) is 5.30. The Labute approximate surface area is 85.5 Å². The summed E-state index contributed by atoms with van der Waals surface area (Å²) in [5.41, 5.74) is 0. The molecule has 14 heavy (non-hydrogen) atoms. The standard InChI is InChI=1S/C11H19NO2/c1-2-7-12-9-11(13)14-8-6-10-4-3-5-10/h2,10,12H,1,3-9H2. The third-order valence-corrected chi connectivity index (χ3v) is 2.57. The summed E-state index contributed by atoms with van der Waals surface area (Å²) in [5, 5.41) is 2.91. The van der Waals surface area contributed by atoms with E-state index in [4.69, 9.17) is 4.74 Å². The first-order valence-electron chi connectivity index (χ1n) is 5.30. The number of hydrogen-bond acceptors (Lipinski definition) is 3. The minimum atomic E-state index is -0.161. The Hall–Kier alpha value is -0.830. The van der Waals surface area contributed by atoms with Crippen molar-refractivity contribution in [2.24, 2.45) is 5.92 Å². The van der Waals surface area contributed by atoms with Crippen LogP contribution in [0.15, 0.2) is 12.7 Å². The topological polar surface area (TPSA) is 38.3 Å². The van der Waals surface area contributed by atoms with E-state index in [1.54, 1.807) is 6.08 Å². The molecule has 0 bridgehead atoms. The SMILES string of the molecule is C=CCNCC(=O)OCCC1CCC1. The minimum Gasteiger partial charge on any atom is -0.465 e. The number of nitrogens with one attached hydrogen (secondary N) is 1. The summed E-state index contributed by atoms with van der Waals surface area (Å²) in [7, 11) is 0. The smallest absolute Gasteiger partial charge is 0.319 e. The van der Waals surface area contributed by atoms with Crippen LogP contribution < -0.4 is 5.32 Å². The molecule has 0 aromatic rings. The molecule has 0 aliphatic heterocycles. The summed E-state index contributed by atoms with van der Waals surface area (Å²) in [6.07, 6.45) is 6.73. The third-order valence-electron chi connectivity index (χ3n) is 2.57. The maximum Gasteiger partial charge on any atom is 0.319 e. The number of esters is 1. The molecule has 1 N–H and O–H groups in total. The van der Waals surface area contributed by atoms with Crippen LogP contribution in [0.2, 0.25) is 0 Å². The van der Waals surface area contributed by atoms with Crippen LogP contribution >= 0.6 is 0 Å². The molecule has 0 heterocycles. The molecule has 0 amide bonds. The number of ether oxygens (including phenoxy) is 1. The molecule has 0 spiro atoms. The van der Waals surface area contributed by atoms with Crippen molar-refractivity contribution < 1.29 is 9.53 Å². The molecule has 1 saturated carbocycles. The van der Waals surface area contributed by atoms with E-state index >= 15 is 0 Å². The zero-order valence-corrected chi connectivity index (χ0v) is 8.63. The number of rotatable bonds is 7. The number of carbonyl (C=O) groups excluding carboxylic acids is 1. The van der Waals surface area contributed by atoms with Gasteiger partial charge in [0, 0.05) is 6.54 Å². The molecule has 0 radical (unpaired) electrons. The molecular formula is C11H19NO2. The van der Waals surface area contributed by atoms with Gasteiger partial charge in [0.15, 0.2) is 0 Å². The van der Waals surface area contributed by atoms with Crippen molar-refractivity contribution in [2.75, 3.05) is 19.7 Å². The molecule has 80 valence electrons. The Balaban J connectivity index is 1.89. The first-order chi connectivity index (χ1) is 6.83. The van der Waals surface area contributed by atoms with E-state index in [1.807, 2.05) is 0 Å². The van der Waals surface area contributed by atoms with Crippen molar-refractivity contribution >= 4 is 5.97 Å². The Bertz CT molecular complexity index is 188. The lowest BCUT2D eigenvalue weighted by molar-refractivity contribution is -0.143. The van der Waals surface area contributed by atoms with E-state index in [-0.39, 0.29) is 12.5 Å². The van der Waals surface area contributed by atoms with Crippen LogP contribution in [0.5, 0.6) is 0 Å². The molecule has 0 saturated heterocycles. The van der Waals surface area contributed by atoms with Gasteiger partial charge in [-0.3, -0.25) is 4.79 Å². The van der Waals surface area contributed by atoms with Crippen molar-refractivity contribution in [1.29, 1.82) is 0 Å². The van der Waals surface area contributed by atoms with Gasteiger partial charge in [-0.2, -0.15) is 0 Å². The van der Waals surface area contributed by atoms with Gasteiger partial charge in [-0.1, -0.05) is 25.3 Å². The molecule has 3 heteroatoms. The summed E-state index contributed by atoms with van der Waals surface area (Å²) in [4.78, 5) is 11.1. The summed E-state index contributed by atoms with van der Waals surface area (Å²) < 4.78 is 5.06. The lowest BCUT2D eigenvalue weighted by atomic mass is 9.83. The van der Waals surface area contributed by atoms with E-state index in [1.165, 1.54) is 19.3 Å². The predicted octanol–water partition coefficient (Wildman–Crippen LogP) is 1.50. The molecule has 3 nitrogen and oxygen atoms in total. The van der Waals surface area contributed by atoms with Crippen LogP contribution in [-0.4, -0.2) is 25.7 Å². The van der Waals surface area contributed by atoms with E-state index in [0.717, 1.165) is 12.3 Å².